The Labute approximate surface area is 93.2 Å². The third kappa shape index (κ3) is 2.51. The number of hydrogen-bond acceptors (Lipinski definition) is 5. The van der Waals surface area contributed by atoms with Crippen LogP contribution >= 0.6 is 0 Å². The Morgan fingerprint density at radius 2 is 2.12 bits per heavy atom. The molecule has 1 saturated heterocycles. The molecule has 90 valence electrons. The summed E-state index contributed by atoms with van der Waals surface area (Å²) in [5.74, 6) is 1.87. The molecule has 1 aliphatic heterocycles. The lowest BCUT2D eigenvalue weighted by Gasteiger charge is -2.40. The maximum atomic E-state index is 10.9. The van der Waals surface area contributed by atoms with Gasteiger partial charge in [-0.3, -0.25) is 4.79 Å². The number of amides is 1. The van der Waals surface area contributed by atoms with Gasteiger partial charge in [-0.2, -0.15) is 0 Å². The van der Waals surface area contributed by atoms with Gasteiger partial charge < -0.3 is 25.4 Å². The summed E-state index contributed by atoms with van der Waals surface area (Å²) in [7, 11) is 0. The summed E-state index contributed by atoms with van der Waals surface area (Å²) in [5.41, 5.74) is 0. The predicted octanol–water partition coefficient (Wildman–Crippen LogP) is -2.39. The van der Waals surface area contributed by atoms with Crippen LogP contribution in [0.25, 0.3) is 0 Å². The molecule has 0 aromatic rings. The lowest BCUT2D eigenvalue weighted by atomic mass is 9.93. The first-order valence-electron chi connectivity index (χ1n) is 4.87. The number of hydrogen-bond donors (Lipinski definition) is 4. The number of terminal acetylenes is 1. The third-order valence-corrected chi connectivity index (χ3v) is 2.46. The summed E-state index contributed by atoms with van der Waals surface area (Å²) in [5, 5.41) is 30.6. The highest BCUT2D eigenvalue weighted by molar-refractivity contribution is 5.73. The zero-order chi connectivity index (χ0) is 12.3. The summed E-state index contributed by atoms with van der Waals surface area (Å²) in [6.07, 6.45) is 0.821. The van der Waals surface area contributed by atoms with Crippen molar-refractivity contribution in [1.82, 2.24) is 5.32 Å². The van der Waals surface area contributed by atoms with Gasteiger partial charge in [0.1, 0.15) is 24.4 Å². The normalized spacial score (nSPS) is 38.8. The maximum absolute atomic E-state index is 10.9. The Kier molecular flexibility index (Phi) is 4.26. The average molecular weight is 229 g/mol. The van der Waals surface area contributed by atoms with Crippen LogP contribution in [0.1, 0.15) is 6.92 Å². The Balaban J connectivity index is 2.82. The van der Waals surface area contributed by atoms with E-state index >= 15 is 0 Å². The van der Waals surface area contributed by atoms with Crippen molar-refractivity contribution in [2.75, 3.05) is 6.61 Å². The van der Waals surface area contributed by atoms with Crippen molar-refractivity contribution in [1.29, 1.82) is 0 Å². The van der Waals surface area contributed by atoms with Crippen LogP contribution < -0.4 is 5.32 Å². The van der Waals surface area contributed by atoms with Gasteiger partial charge in [0.2, 0.25) is 5.91 Å². The first-order chi connectivity index (χ1) is 7.51. The number of carbonyl (C=O) groups is 1. The van der Waals surface area contributed by atoms with E-state index in [9.17, 15) is 15.0 Å². The monoisotopic (exact) mass is 229 g/mol. The highest BCUT2D eigenvalue weighted by Crippen LogP contribution is 2.20. The number of ether oxygens (including phenoxy) is 1. The van der Waals surface area contributed by atoms with Crippen LogP contribution in [0, 0.1) is 12.3 Å². The van der Waals surface area contributed by atoms with E-state index in [-0.39, 0.29) is 5.91 Å². The van der Waals surface area contributed by atoms with Gasteiger partial charge in [0.05, 0.1) is 12.6 Å². The van der Waals surface area contributed by atoms with E-state index in [0.717, 1.165) is 0 Å². The second-order valence-electron chi connectivity index (χ2n) is 3.65. The van der Waals surface area contributed by atoms with Crippen LogP contribution in [0.4, 0.5) is 0 Å². The van der Waals surface area contributed by atoms with Crippen molar-refractivity contribution in [3.05, 3.63) is 0 Å². The standard InChI is InChI=1S/C10H15NO5/c1-3-6-8(11-5(2)13)10(15)9(14)7(4-12)16-6/h1,6-10,12,14-15H,4H2,2H3,(H,11,13)/t6-,7+,8-,9-,10+/m0/s1. The predicted molar refractivity (Wildman–Crippen MR) is 54.2 cm³/mol. The highest BCUT2D eigenvalue weighted by atomic mass is 16.5. The molecule has 1 aliphatic rings. The van der Waals surface area contributed by atoms with Gasteiger partial charge in [-0.05, 0) is 0 Å². The van der Waals surface area contributed by atoms with Crippen LogP contribution in [0.15, 0.2) is 0 Å². The number of nitrogens with one attached hydrogen (secondary N) is 1. The molecule has 1 rings (SSSR count). The molecule has 0 unspecified atom stereocenters. The molecule has 0 bridgehead atoms. The van der Waals surface area contributed by atoms with Gasteiger partial charge in [0.15, 0.2) is 0 Å². The van der Waals surface area contributed by atoms with Crippen LogP contribution in [-0.2, 0) is 9.53 Å². The second kappa shape index (κ2) is 5.27. The molecule has 0 radical (unpaired) electrons. The van der Waals surface area contributed by atoms with E-state index in [4.69, 9.17) is 16.3 Å². The summed E-state index contributed by atoms with van der Waals surface area (Å²) in [6, 6.07) is -0.875. The van der Waals surface area contributed by atoms with E-state index in [2.05, 4.69) is 11.2 Å². The number of aliphatic hydroxyl groups excluding tert-OH is 3. The molecule has 1 heterocycles. The molecule has 0 saturated carbocycles. The quantitative estimate of drug-likeness (QED) is 0.396. The van der Waals surface area contributed by atoms with Crippen molar-refractivity contribution in [3.63, 3.8) is 0 Å². The van der Waals surface area contributed by atoms with Gasteiger partial charge in [-0.15, -0.1) is 6.42 Å². The molecule has 16 heavy (non-hydrogen) atoms. The van der Waals surface area contributed by atoms with E-state index in [1.54, 1.807) is 0 Å². The summed E-state index contributed by atoms with van der Waals surface area (Å²) >= 11 is 0. The minimum absolute atomic E-state index is 0.387. The van der Waals surface area contributed by atoms with Gasteiger partial charge in [-0.1, -0.05) is 5.92 Å². The Bertz CT molecular complexity index is 300. The molecule has 0 spiro atoms. The fourth-order valence-electron chi connectivity index (χ4n) is 1.65. The Morgan fingerprint density at radius 3 is 2.56 bits per heavy atom. The first-order valence-corrected chi connectivity index (χ1v) is 4.87. The first kappa shape index (κ1) is 12.9. The molecule has 5 atom stereocenters. The fourth-order valence-corrected chi connectivity index (χ4v) is 1.65. The smallest absolute Gasteiger partial charge is 0.217 e. The van der Waals surface area contributed by atoms with Crippen molar-refractivity contribution in [2.24, 2.45) is 0 Å². The number of rotatable bonds is 2. The van der Waals surface area contributed by atoms with Gasteiger partial charge >= 0.3 is 0 Å². The SMILES string of the molecule is C#C[C@@H]1O[C@H](CO)[C@H](O)[C@H](O)[C@H]1NC(C)=O. The molecule has 0 aromatic heterocycles. The zero-order valence-corrected chi connectivity index (χ0v) is 8.83. The minimum atomic E-state index is -1.29. The topological polar surface area (TPSA) is 99.0 Å². The molecule has 0 aromatic carbocycles. The van der Waals surface area contributed by atoms with Crippen LogP contribution in [0.2, 0.25) is 0 Å². The number of aliphatic hydroxyl groups is 3. The van der Waals surface area contributed by atoms with Crippen LogP contribution in [0.3, 0.4) is 0 Å². The molecule has 0 aliphatic carbocycles. The molecule has 6 heteroatoms. The number of carbonyl (C=O) groups excluding carboxylic acids is 1. The fraction of sp³-hybridized carbons (Fsp3) is 0.700. The molecular weight excluding hydrogens is 214 g/mol. The van der Waals surface area contributed by atoms with E-state index in [0.29, 0.717) is 0 Å². The van der Waals surface area contributed by atoms with Crippen molar-refractivity contribution in [3.8, 4) is 12.3 Å². The summed E-state index contributed by atoms with van der Waals surface area (Å²) in [6.45, 7) is 0.813. The molecule has 1 fully saturated rings. The Hall–Kier alpha value is -1.13. The third-order valence-electron chi connectivity index (χ3n) is 2.46. The van der Waals surface area contributed by atoms with Crippen LogP contribution in [0.5, 0.6) is 0 Å². The van der Waals surface area contributed by atoms with Gasteiger partial charge in [-0.25, -0.2) is 0 Å². The Morgan fingerprint density at radius 1 is 1.50 bits per heavy atom. The van der Waals surface area contributed by atoms with Crippen molar-refractivity contribution < 1.29 is 24.9 Å². The zero-order valence-electron chi connectivity index (χ0n) is 8.83. The maximum Gasteiger partial charge on any atom is 0.217 e. The molecular formula is C10H15NO5. The largest absolute Gasteiger partial charge is 0.394 e. The second-order valence-corrected chi connectivity index (χ2v) is 3.65. The average Bonchev–Trinajstić information content (AvgIpc) is 2.25. The lowest BCUT2D eigenvalue weighted by Crippen LogP contribution is -2.63. The summed E-state index contributed by atoms with van der Waals surface area (Å²) < 4.78 is 5.17. The van der Waals surface area contributed by atoms with Crippen molar-refractivity contribution >= 4 is 5.91 Å². The summed E-state index contributed by atoms with van der Waals surface area (Å²) in [4.78, 5) is 10.9. The molecule has 1 amide bonds. The van der Waals surface area contributed by atoms with E-state index in [1.165, 1.54) is 6.92 Å². The van der Waals surface area contributed by atoms with Gasteiger partial charge in [0.25, 0.3) is 0 Å². The lowest BCUT2D eigenvalue weighted by molar-refractivity contribution is -0.181. The molecule has 6 nitrogen and oxygen atoms in total. The van der Waals surface area contributed by atoms with Crippen LogP contribution in [-0.4, -0.2) is 58.3 Å². The molecule has 4 N–H and O–H groups in total. The highest BCUT2D eigenvalue weighted by Gasteiger charge is 2.43. The van der Waals surface area contributed by atoms with Gasteiger partial charge in [0, 0.05) is 6.92 Å². The minimum Gasteiger partial charge on any atom is -0.394 e. The van der Waals surface area contributed by atoms with E-state index < -0.39 is 37.1 Å². The van der Waals surface area contributed by atoms with Crippen molar-refractivity contribution in [2.45, 2.75) is 37.4 Å². The van der Waals surface area contributed by atoms with E-state index in [1.807, 2.05) is 0 Å².